The van der Waals surface area contributed by atoms with E-state index in [-0.39, 0.29) is 0 Å². The Hall–Kier alpha value is -1.60. The second kappa shape index (κ2) is 4.95. The first-order valence-corrected chi connectivity index (χ1v) is 6.73. The van der Waals surface area contributed by atoms with Gasteiger partial charge in [-0.3, -0.25) is 0 Å². The average Bonchev–Trinajstić information content (AvgIpc) is 2.47. The van der Waals surface area contributed by atoms with Crippen LogP contribution in [0.4, 0.5) is 0 Å². The van der Waals surface area contributed by atoms with E-state index in [2.05, 4.69) is 54.6 Å². The highest BCUT2D eigenvalue weighted by atomic mass is 14.6. The molecule has 0 heterocycles. The molecule has 0 saturated heterocycles. The summed E-state index contributed by atoms with van der Waals surface area (Å²) in [7, 11) is 0. The second-order valence-corrected chi connectivity index (χ2v) is 5.12. The van der Waals surface area contributed by atoms with Crippen molar-refractivity contribution in [3.05, 3.63) is 71.3 Å². The van der Waals surface area contributed by atoms with Gasteiger partial charge in [0.25, 0.3) is 0 Å². The predicted octanol–water partition coefficient (Wildman–Crippen LogP) is 3.34. The van der Waals surface area contributed by atoms with Gasteiger partial charge in [-0.1, -0.05) is 54.6 Å². The summed E-state index contributed by atoms with van der Waals surface area (Å²) in [5, 5.41) is 0. The lowest BCUT2D eigenvalue weighted by Crippen LogP contribution is -2.27. The van der Waals surface area contributed by atoms with Crippen molar-refractivity contribution in [2.45, 2.75) is 18.8 Å². The maximum absolute atomic E-state index is 5.99. The monoisotopic (exact) mass is 237 g/mol. The molecule has 3 rings (SSSR count). The molecule has 1 aliphatic carbocycles. The molecule has 18 heavy (non-hydrogen) atoms. The maximum atomic E-state index is 5.99. The van der Waals surface area contributed by atoms with E-state index in [1.54, 1.807) is 0 Å². The summed E-state index contributed by atoms with van der Waals surface area (Å²) in [5.74, 6) is 1.04. The van der Waals surface area contributed by atoms with E-state index in [0.717, 1.165) is 6.54 Å². The van der Waals surface area contributed by atoms with Crippen molar-refractivity contribution in [2.75, 3.05) is 6.54 Å². The molecule has 0 amide bonds. The van der Waals surface area contributed by atoms with Gasteiger partial charge in [-0.25, -0.2) is 0 Å². The minimum absolute atomic E-state index is 0.473. The van der Waals surface area contributed by atoms with Gasteiger partial charge in [0, 0.05) is 5.92 Å². The summed E-state index contributed by atoms with van der Waals surface area (Å²) >= 11 is 0. The van der Waals surface area contributed by atoms with Crippen LogP contribution in [0.5, 0.6) is 0 Å². The molecule has 0 fully saturated rings. The minimum Gasteiger partial charge on any atom is -0.330 e. The molecule has 0 spiro atoms. The molecule has 0 bridgehead atoms. The van der Waals surface area contributed by atoms with Gasteiger partial charge in [0.1, 0.15) is 0 Å². The molecular weight excluding hydrogens is 218 g/mol. The molecule has 1 heteroatoms. The Morgan fingerprint density at radius 2 is 1.67 bits per heavy atom. The van der Waals surface area contributed by atoms with Gasteiger partial charge in [0.15, 0.2) is 0 Å². The molecule has 2 aromatic carbocycles. The van der Waals surface area contributed by atoms with Gasteiger partial charge in [0.05, 0.1) is 0 Å². The average molecular weight is 237 g/mol. The van der Waals surface area contributed by atoms with Crippen LogP contribution >= 0.6 is 0 Å². The van der Waals surface area contributed by atoms with E-state index >= 15 is 0 Å². The summed E-state index contributed by atoms with van der Waals surface area (Å²) in [4.78, 5) is 0. The summed E-state index contributed by atoms with van der Waals surface area (Å²) in [5.41, 5.74) is 10.4. The maximum Gasteiger partial charge on any atom is 0.0132 e. The van der Waals surface area contributed by atoms with Crippen molar-refractivity contribution in [3.8, 4) is 0 Å². The summed E-state index contributed by atoms with van der Waals surface area (Å²) < 4.78 is 0. The van der Waals surface area contributed by atoms with Crippen LogP contribution in [0.25, 0.3) is 0 Å². The van der Waals surface area contributed by atoms with E-state index in [0.29, 0.717) is 11.8 Å². The highest BCUT2D eigenvalue weighted by Crippen LogP contribution is 2.40. The second-order valence-electron chi connectivity index (χ2n) is 5.12. The first-order valence-electron chi connectivity index (χ1n) is 6.73. The van der Waals surface area contributed by atoms with Gasteiger partial charge < -0.3 is 5.73 Å². The molecule has 2 atom stereocenters. The lowest BCUT2D eigenvalue weighted by molar-refractivity contribution is 0.419. The highest BCUT2D eigenvalue weighted by molar-refractivity contribution is 5.40. The van der Waals surface area contributed by atoms with Crippen LogP contribution in [-0.4, -0.2) is 6.54 Å². The van der Waals surface area contributed by atoms with Gasteiger partial charge in [-0.2, -0.15) is 0 Å². The number of nitrogens with two attached hydrogens (primary N) is 1. The molecule has 1 nitrogen and oxygen atoms in total. The third-order valence-electron chi connectivity index (χ3n) is 4.11. The fourth-order valence-electron chi connectivity index (χ4n) is 3.19. The third-order valence-corrected chi connectivity index (χ3v) is 4.11. The van der Waals surface area contributed by atoms with Crippen LogP contribution in [0.2, 0.25) is 0 Å². The Kier molecular flexibility index (Phi) is 3.16. The van der Waals surface area contributed by atoms with Crippen LogP contribution in [0.1, 0.15) is 29.0 Å². The predicted molar refractivity (Wildman–Crippen MR) is 75.6 cm³/mol. The summed E-state index contributed by atoms with van der Waals surface area (Å²) in [6, 6.07) is 19.6. The van der Waals surface area contributed by atoms with Crippen LogP contribution in [0.15, 0.2) is 54.6 Å². The van der Waals surface area contributed by atoms with Gasteiger partial charge in [-0.15, -0.1) is 0 Å². The number of benzene rings is 2. The SMILES string of the molecule is NCC1CCc2ccccc2C1c1ccccc1. The number of hydrogen-bond acceptors (Lipinski definition) is 1. The summed E-state index contributed by atoms with van der Waals surface area (Å²) in [6.07, 6.45) is 2.37. The van der Waals surface area contributed by atoms with Crippen LogP contribution in [-0.2, 0) is 6.42 Å². The van der Waals surface area contributed by atoms with Crippen molar-refractivity contribution < 1.29 is 0 Å². The lowest BCUT2D eigenvalue weighted by Gasteiger charge is -2.33. The van der Waals surface area contributed by atoms with Crippen molar-refractivity contribution in [2.24, 2.45) is 11.7 Å². The van der Waals surface area contributed by atoms with Gasteiger partial charge in [-0.05, 0) is 42.0 Å². The molecular formula is C17H19N. The van der Waals surface area contributed by atoms with Crippen molar-refractivity contribution in [1.29, 1.82) is 0 Å². The zero-order valence-electron chi connectivity index (χ0n) is 10.5. The van der Waals surface area contributed by atoms with Crippen molar-refractivity contribution in [1.82, 2.24) is 0 Å². The third kappa shape index (κ3) is 1.95. The van der Waals surface area contributed by atoms with Gasteiger partial charge >= 0.3 is 0 Å². The van der Waals surface area contributed by atoms with Crippen molar-refractivity contribution in [3.63, 3.8) is 0 Å². The molecule has 1 aliphatic rings. The fraction of sp³-hybridized carbons (Fsp3) is 0.294. The molecule has 2 N–H and O–H groups in total. The topological polar surface area (TPSA) is 26.0 Å². The Morgan fingerprint density at radius 3 is 2.44 bits per heavy atom. The first kappa shape index (κ1) is 11.5. The van der Waals surface area contributed by atoms with Crippen LogP contribution in [0.3, 0.4) is 0 Å². The number of aryl methyl sites for hydroxylation is 1. The molecule has 0 aromatic heterocycles. The largest absolute Gasteiger partial charge is 0.330 e. The fourth-order valence-corrected chi connectivity index (χ4v) is 3.19. The minimum atomic E-state index is 0.473. The Bertz CT molecular complexity index is 518. The molecule has 0 saturated carbocycles. The van der Waals surface area contributed by atoms with E-state index in [1.807, 2.05) is 0 Å². The number of rotatable bonds is 2. The van der Waals surface area contributed by atoms with E-state index < -0.39 is 0 Å². The zero-order chi connectivity index (χ0) is 12.4. The van der Waals surface area contributed by atoms with E-state index in [4.69, 9.17) is 5.73 Å². The normalized spacial score (nSPS) is 22.5. The first-order chi connectivity index (χ1) is 8.90. The Labute approximate surface area is 109 Å². The van der Waals surface area contributed by atoms with Gasteiger partial charge in [0.2, 0.25) is 0 Å². The highest BCUT2D eigenvalue weighted by Gasteiger charge is 2.29. The van der Waals surface area contributed by atoms with Crippen LogP contribution in [0, 0.1) is 5.92 Å². The summed E-state index contributed by atoms with van der Waals surface area (Å²) in [6.45, 7) is 0.772. The molecule has 92 valence electrons. The zero-order valence-corrected chi connectivity index (χ0v) is 10.5. The molecule has 2 aromatic rings. The van der Waals surface area contributed by atoms with Crippen LogP contribution < -0.4 is 5.73 Å². The lowest BCUT2D eigenvalue weighted by atomic mass is 9.72. The molecule has 2 unspecified atom stereocenters. The Morgan fingerprint density at radius 1 is 0.944 bits per heavy atom. The molecule has 0 aliphatic heterocycles. The standard InChI is InChI=1S/C17H19N/c18-12-15-11-10-13-6-4-5-9-16(13)17(15)14-7-2-1-3-8-14/h1-9,15,17H,10-12,18H2. The van der Waals surface area contributed by atoms with Crippen molar-refractivity contribution >= 4 is 0 Å². The number of hydrogen-bond donors (Lipinski definition) is 1. The van der Waals surface area contributed by atoms with E-state index in [1.165, 1.54) is 29.5 Å². The Balaban J connectivity index is 2.09. The molecule has 0 radical (unpaired) electrons. The van der Waals surface area contributed by atoms with E-state index in [9.17, 15) is 0 Å². The smallest absolute Gasteiger partial charge is 0.0132 e. The number of fused-ring (bicyclic) bond motifs is 1. The quantitative estimate of drug-likeness (QED) is 0.851.